The van der Waals surface area contributed by atoms with E-state index in [1.807, 2.05) is 0 Å². The molecule has 0 fully saturated rings. The molecule has 0 unspecified atom stereocenters. The first-order valence-electron chi connectivity index (χ1n) is 5.67. The van der Waals surface area contributed by atoms with Gasteiger partial charge in [0.1, 0.15) is 0 Å². The van der Waals surface area contributed by atoms with E-state index in [-0.39, 0.29) is 6.42 Å². The van der Waals surface area contributed by atoms with E-state index >= 15 is 0 Å². The number of hydrogen-bond acceptors (Lipinski definition) is 2. The summed E-state index contributed by atoms with van der Waals surface area (Å²) in [6, 6.07) is 1.62. The number of aromatic nitrogens is 2. The molecule has 0 saturated heterocycles. The molecule has 2 aromatic rings. The van der Waals surface area contributed by atoms with Crippen LogP contribution in [0.5, 0.6) is 0 Å². The molecule has 0 aliphatic rings. The van der Waals surface area contributed by atoms with Crippen LogP contribution in [-0.2, 0) is 13.5 Å². The molecule has 0 saturated carbocycles. The van der Waals surface area contributed by atoms with E-state index in [1.54, 1.807) is 14.0 Å². The van der Waals surface area contributed by atoms with Crippen LogP contribution in [-0.4, -0.2) is 15.6 Å². The van der Waals surface area contributed by atoms with Crippen LogP contribution in [0.15, 0.2) is 12.1 Å². The maximum Gasteiger partial charge on any atom is 0.195 e. The van der Waals surface area contributed by atoms with E-state index in [0.29, 0.717) is 22.5 Å². The highest BCUT2D eigenvalue weighted by atomic mass is 35.5. The van der Waals surface area contributed by atoms with Gasteiger partial charge in [-0.15, -0.1) is 0 Å². The first-order chi connectivity index (χ1) is 9.32. The van der Waals surface area contributed by atoms with Gasteiger partial charge in [0.25, 0.3) is 0 Å². The number of benzene rings is 1. The molecule has 1 aromatic heterocycles. The van der Waals surface area contributed by atoms with Gasteiger partial charge in [0.2, 0.25) is 0 Å². The van der Waals surface area contributed by atoms with E-state index in [2.05, 4.69) is 5.10 Å². The summed E-state index contributed by atoms with van der Waals surface area (Å²) in [5.74, 6) is -5.20. The fourth-order valence-electron chi connectivity index (χ4n) is 1.86. The van der Waals surface area contributed by atoms with Crippen molar-refractivity contribution in [3.8, 4) is 0 Å². The van der Waals surface area contributed by atoms with Crippen molar-refractivity contribution >= 4 is 17.4 Å². The summed E-state index contributed by atoms with van der Waals surface area (Å²) >= 11 is 5.98. The molecule has 3 nitrogen and oxygen atoms in total. The third-order valence-corrected chi connectivity index (χ3v) is 3.42. The van der Waals surface area contributed by atoms with Crippen molar-refractivity contribution < 1.29 is 18.0 Å². The van der Waals surface area contributed by atoms with E-state index in [0.717, 1.165) is 6.07 Å². The Kier molecular flexibility index (Phi) is 3.85. The van der Waals surface area contributed by atoms with Crippen molar-refractivity contribution in [1.82, 2.24) is 9.78 Å². The second kappa shape index (κ2) is 5.28. The van der Waals surface area contributed by atoms with E-state index in [1.165, 1.54) is 4.68 Å². The molecule has 0 bridgehead atoms. The van der Waals surface area contributed by atoms with Crippen LogP contribution in [0.3, 0.4) is 0 Å². The van der Waals surface area contributed by atoms with Crippen molar-refractivity contribution in [1.29, 1.82) is 0 Å². The van der Waals surface area contributed by atoms with Crippen LogP contribution >= 0.6 is 11.6 Å². The summed E-state index contributed by atoms with van der Waals surface area (Å²) in [5, 5.41) is 4.31. The first kappa shape index (κ1) is 14.6. The number of Topliss-reactive ketones (excluding diaryl/α,β-unsaturated/α-hetero) is 1. The van der Waals surface area contributed by atoms with Crippen molar-refractivity contribution in [2.24, 2.45) is 7.05 Å². The molecule has 7 heteroatoms. The van der Waals surface area contributed by atoms with Gasteiger partial charge in [0.15, 0.2) is 23.2 Å². The smallest absolute Gasteiger partial charge is 0.195 e. The standard InChI is InChI=1S/C13H10ClF3N2O/c1-6-11(14)9(19(2)18-6)5-10(20)7-3-4-8(15)13(17)12(7)16/h3-4H,5H2,1-2H3. The molecular weight excluding hydrogens is 293 g/mol. The van der Waals surface area contributed by atoms with Gasteiger partial charge in [0, 0.05) is 7.05 Å². The number of carbonyl (C=O) groups is 1. The molecule has 0 spiro atoms. The van der Waals surface area contributed by atoms with Crippen LogP contribution in [0.25, 0.3) is 0 Å². The lowest BCUT2D eigenvalue weighted by atomic mass is 10.1. The Balaban J connectivity index is 2.36. The molecule has 2 rings (SSSR count). The summed E-state index contributed by atoms with van der Waals surface area (Å²) in [7, 11) is 1.59. The second-order valence-electron chi connectivity index (χ2n) is 4.29. The number of carbonyl (C=O) groups excluding carboxylic acids is 1. The number of hydrogen-bond donors (Lipinski definition) is 0. The summed E-state index contributed by atoms with van der Waals surface area (Å²) in [6.07, 6.45) is -0.252. The lowest BCUT2D eigenvalue weighted by Crippen LogP contribution is -2.11. The zero-order chi connectivity index (χ0) is 15.0. The van der Waals surface area contributed by atoms with E-state index in [9.17, 15) is 18.0 Å². The lowest BCUT2D eigenvalue weighted by Gasteiger charge is -2.05. The monoisotopic (exact) mass is 302 g/mol. The Labute approximate surface area is 118 Å². The average molecular weight is 303 g/mol. The zero-order valence-electron chi connectivity index (χ0n) is 10.7. The molecule has 1 heterocycles. The lowest BCUT2D eigenvalue weighted by molar-refractivity contribution is 0.0985. The van der Waals surface area contributed by atoms with E-state index < -0.39 is 28.8 Å². The molecule has 0 aliphatic carbocycles. The third kappa shape index (κ3) is 2.43. The van der Waals surface area contributed by atoms with Gasteiger partial charge in [-0.1, -0.05) is 11.6 Å². The minimum atomic E-state index is -1.66. The predicted octanol–water partition coefficient (Wildman–Crippen LogP) is 3.22. The molecule has 0 aliphatic heterocycles. The SMILES string of the molecule is Cc1nn(C)c(CC(=O)c2ccc(F)c(F)c2F)c1Cl. The van der Waals surface area contributed by atoms with Crippen molar-refractivity contribution in [2.45, 2.75) is 13.3 Å². The van der Waals surface area contributed by atoms with Gasteiger partial charge in [-0.3, -0.25) is 9.48 Å². The summed E-state index contributed by atoms with van der Waals surface area (Å²) in [4.78, 5) is 12.0. The summed E-state index contributed by atoms with van der Waals surface area (Å²) < 4.78 is 40.9. The highest BCUT2D eigenvalue weighted by Gasteiger charge is 2.21. The fourth-order valence-corrected chi connectivity index (χ4v) is 2.09. The van der Waals surface area contributed by atoms with Gasteiger partial charge in [0.05, 0.1) is 28.4 Å². The highest BCUT2D eigenvalue weighted by molar-refractivity contribution is 6.32. The summed E-state index contributed by atoms with van der Waals surface area (Å²) in [5.41, 5.74) is 0.403. The Hall–Kier alpha value is -1.82. The predicted molar refractivity (Wildman–Crippen MR) is 67.3 cm³/mol. The number of ketones is 1. The van der Waals surface area contributed by atoms with Crippen LogP contribution in [0.4, 0.5) is 13.2 Å². The summed E-state index contributed by atoms with van der Waals surface area (Å²) in [6.45, 7) is 1.66. The van der Waals surface area contributed by atoms with Crippen LogP contribution < -0.4 is 0 Å². The number of halogens is 4. The first-order valence-corrected chi connectivity index (χ1v) is 6.05. The second-order valence-corrected chi connectivity index (χ2v) is 4.67. The average Bonchev–Trinajstić information content (AvgIpc) is 2.62. The van der Waals surface area contributed by atoms with Gasteiger partial charge >= 0.3 is 0 Å². The molecule has 0 amide bonds. The highest BCUT2D eigenvalue weighted by Crippen LogP contribution is 2.22. The van der Waals surface area contributed by atoms with Gasteiger partial charge in [-0.05, 0) is 19.1 Å². The zero-order valence-corrected chi connectivity index (χ0v) is 11.4. The molecule has 0 radical (unpaired) electrons. The topological polar surface area (TPSA) is 34.9 Å². The van der Waals surface area contributed by atoms with Crippen molar-refractivity contribution in [3.05, 3.63) is 51.6 Å². The Bertz CT molecular complexity index is 697. The number of aryl methyl sites for hydroxylation is 2. The molecular formula is C13H10ClF3N2O. The fraction of sp³-hybridized carbons (Fsp3) is 0.231. The van der Waals surface area contributed by atoms with Gasteiger partial charge in [-0.2, -0.15) is 5.10 Å². The minimum absolute atomic E-state index is 0.252. The van der Waals surface area contributed by atoms with Gasteiger partial charge in [-0.25, -0.2) is 13.2 Å². The minimum Gasteiger partial charge on any atom is -0.294 e. The Morgan fingerprint density at radius 2 is 1.95 bits per heavy atom. The number of nitrogens with zero attached hydrogens (tertiary/aromatic N) is 2. The van der Waals surface area contributed by atoms with Crippen LogP contribution in [0, 0.1) is 24.4 Å². The van der Waals surface area contributed by atoms with Crippen molar-refractivity contribution in [3.63, 3.8) is 0 Å². The largest absolute Gasteiger partial charge is 0.294 e. The maximum atomic E-state index is 13.5. The maximum absolute atomic E-state index is 13.5. The number of rotatable bonds is 3. The quantitative estimate of drug-likeness (QED) is 0.644. The van der Waals surface area contributed by atoms with Crippen molar-refractivity contribution in [2.75, 3.05) is 0 Å². The molecule has 0 N–H and O–H groups in total. The molecule has 20 heavy (non-hydrogen) atoms. The Morgan fingerprint density at radius 1 is 1.30 bits per heavy atom. The van der Waals surface area contributed by atoms with Gasteiger partial charge < -0.3 is 0 Å². The molecule has 1 aromatic carbocycles. The van der Waals surface area contributed by atoms with Crippen LogP contribution in [0.1, 0.15) is 21.7 Å². The normalized spacial score (nSPS) is 10.9. The molecule has 0 atom stereocenters. The Morgan fingerprint density at radius 3 is 2.50 bits per heavy atom. The van der Waals surface area contributed by atoms with E-state index in [4.69, 9.17) is 11.6 Å². The third-order valence-electron chi connectivity index (χ3n) is 2.93. The molecule has 106 valence electrons. The van der Waals surface area contributed by atoms with Crippen LogP contribution in [0.2, 0.25) is 5.02 Å².